The summed E-state index contributed by atoms with van der Waals surface area (Å²) in [6.45, 7) is 0.668. The number of fused-ring (bicyclic) bond motifs is 1. The lowest BCUT2D eigenvalue weighted by Crippen LogP contribution is -2.50. The molecule has 1 aromatic carbocycles. The molecule has 37 heavy (non-hydrogen) atoms. The highest BCUT2D eigenvalue weighted by molar-refractivity contribution is 5.96. The number of rotatable bonds is 5. The first-order chi connectivity index (χ1) is 17.3. The van der Waals surface area contributed by atoms with Crippen molar-refractivity contribution in [3.8, 4) is 0 Å². The number of carbonyl (C=O) groups is 3. The molecule has 0 radical (unpaired) electrons. The molecule has 14 heteroatoms. The summed E-state index contributed by atoms with van der Waals surface area (Å²) in [5.41, 5.74) is 5.58. The second kappa shape index (κ2) is 10.1. The third-order valence-electron chi connectivity index (χ3n) is 6.39. The highest BCUT2D eigenvalue weighted by atomic mass is 19.4. The third-order valence-corrected chi connectivity index (χ3v) is 6.39. The maximum Gasteiger partial charge on any atom is 0.449 e. The number of aryl methyl sites for hydroxylation is 1. The van der Waals surface area contributed by atoms with Crippen LogP contribution in [0.1, 0.15) is 39.6 Å². The van der Waals surface area contributed by atoms with Gasteiger partial charge in [0.1, 0.15) is 11.6 Å². The van der Waals surface area contributed by atoms with Gasteiger partial charge in [-0.15, -0.1) is 0 Å². The summed E-state index contributed by atoms with van der Waals surface area (Å²) >= 11 is 0. The second-order valence-electron chi connectivity index (χ2n) is 9.13. The minimum Gasteiger partial charge on any atom is -0.353 e. The van der Waals surface area contributed by atoms with E-state index < -0.39 is 53.1 Å². The van der Waals surface area contributed by atoms with Gasteiger partial charge in [0.2, 0.25) is 17.6 Å². The molecule has 2 aliphatic rings. The van der Waals surface area contributed by atoms with E-state index >= 15 is 0 Å². The minimum atomic E-state index is -4.84. The molecule has 3 heterocycles. The number of imidazole rings is 1. The van der Waals surface area contributed by atoms with Gasteiger partial charge in [-0.2, -0.15) is 13.2 Å². The SMILES string of the molecule is Cc1cc(F)c(C[C@@H](N)CC(=O)N2CCn3c(C(F)(F)F)nc(C(=O)N4CCNC(=O)C4)c3C2)cc1F. The standard InChI is InChI=1S/C23H25F5N6O3/c1-12-6-16(25)13(8-15(12)24)7-14(29)9-19(36)32-4-5-34-17(10-32)20(31-22(34)23(26,27)28)21(37)33-3-2-30-18(35)11-33/h6,8,14H,2-5,7,9-11,29H2,1H3,(H,30,35)/t14-/m1/s1. The Morgan fingerprint density at radius 3 is 2.51 bits per heavy atom. The molecular formula is C23H25F5N6O3. The molecule has 3 amide bonds. The number of hydrogen-bond acceptors (Lipinski definition) is 5. The van der Waals surface area contributed by atoms with Crippen molar-refractivity contribution < 1.29 is 36.3 Å². The van der Waals surface area contributed by atoms with Crippen LogP contribution in [-0.2, 0) is 35.3 Å². The fourth-order valence-electron chi connectivity index (χ4n) is 4.48. The number of benzene rings is 1. The monoisotopic (exact) mass is 528 g/mol. The molecule has 0 aliphatic carbocycles. The Morgan fingerprint density at radius 1 is 1.11 bits per heavy atom. The summed E-state index contributed by atoms with van der Waals surface area (Å²) < 4.78 is 69.8. The lowest BCUT2D eigenvalue weighted by molar-refractivity contribution is -0.148. The van der Waals surface area contributed by atoms with Gasteiger partial charge >= 0.3 is 6.18 Å². The van der Waals surface area contributed by atoms with Crippen molar-refractivity contribution >= 4 is 17.7 Å². The van der Waals surface area contributed by atoms with Crippen molar-refractivity contribution in [2.24, 2.45) is 5.73 Å². The number of amides is 3. The topological polar surface area (TPSA) is 114 Å². The molecule has 2 aliphatic heterocycles. The van der Waals surface area contributed by atoms with Gasteiger partial charge in [0.05, 0.1) is 18.8 Å². The van der Waals surface area contributed by atoms with Crippen molar-refractivity contribution in [2.75, 3.05) is 26.2 Å². The van der Waals surface area contributed by atoms with Crippen LogP contribution in [0.5, 0.6) is 0 Å². The molecule has 1 fully saturated rings. The number of halogens is 5. The third kappa shape index (κ3) is 5.58. The predicted octanol–water partition coefficient (Wildman–Crippen LogP) is 1.36. The van der Waals surface area contributed by atoms with Crippen LogP contribution in [0.3, 0.4) is 0 Å². The van der Waals surface area contributed by atoms with Crippen LogP contribution in [0.25, 0.3) is 0 Å². The molecule has 1 atom stereocenters. The Hall–Kier alpha value is -3.55. The average molecular weight is 528 g/mol. The molecule has 4 rings (SSSR count). The van der Waals surface area contributed by atoms with Crippen LogP contribution in [-0.4, -0.2) is 69.3 Å². The van der Waals surface area contributed by atoms with Gasteiger partial charge in [-0.3, -0.25) is 14.4 Å². The number of carbonyl (C=O) groups excluding carboxylic acids is 3. The van der Waals surface area contributed by atoms with E-state index in [1.165, 1.54) is 11.8 Å². The van der Waals surface area contributed by atoms with E-state index in [1.807, 2.05) is 0 Å². The average Bonchev–Trinajstić information content (AvgIpc) is 3.21. The molecule has 0 bridgehead atoms. The first-order valence-electron chi connectivity index (χ1n) is 11.6. The Morgan fingerprint density at radius 2 is 1.84 bits per heavy atom. The van der Waals surface area contributed by atoms with Gasteiger partial charge < -0.3 is 25.4 Å². The van der Waals surface area contributed by atoms with Gasteiger partial charge in [0.25, 0.3) is 5.91 Å². The summed E-state index contributed by atoms with van der Waals surface area (Å²) in [6, 6.07) is 1.18. The molecule has 3 N–H and O–H groups in total. The smallest absolute Gasteiger partial charge is 0.353 e. The van der Waals surface area contributed by atoms with E-state index in [2.05, 4.69) is 10.3 Å². The van der Waals surface area contributed by atoms with Crippen LogP contribution in [0.15, 0.2) is 12.1 Å². The highest BCUT2D eigenvalue weighted by Gasteiger charge is 2.42. The van der Waals surface area contributed by atoms with Crippen molar-refractivity contribution in [1.82, 2.24) is 24.7 Å². The second-order valence-corrected chi connectivity index (χ2v) is 9.13. The molecule has 9 nitrogen and oxygen atoms in total. The van der Waals surface area contributed by atoms with Gasteiger partial charge in [-0.25, -0.2) is 13.8 Å². The molecule has 200 valence electrons. The van der Waals surface area contributed by atoms with Crippen molar-refractivity contribution in [2.45, 2.75) is 45.1 Å². The van der Waals surface area contributed by atoms with Crippen LogP contribution < -0.4 is 11.1 Å². The van der Waals surface area contributed by atoms with Gasteiger partial charge in [-0.05, 0) is 36.6 Å². The zero-order valence-corrected chi connectivity index (χ0v) is 19.9. The van der Waals surface area contributed by atoms with Gasteiger partial charge in [-0.1, -0.05) is 0 Å². The summed E-state index contributed by atoms with van der Waals surface area (Å²) in [7, 11) is 0. The number of nitrogens with two attached hydrogens (primary N) is 1. The van der Waals surface area contributed by atoms with Crippen molar-refractivity contribution in [3.05, 3.63) is 52.1 Å². The van der Waals surface area contributed by atoms with E-state index in [0.717, 1.165) is 21.6 Å². The zero-order chi connectivity index (χ0) is 27.1. The molecular weight excluding hydrogens is 503 g/mol. The normalized spacial score (nSPS) is 16.9. The Balaban J connectivity index is 1.52. The number of alkyl halides is 3. The van der Waals surface area contributed by atoms with E-state index in [1.54, 1.807) is 0 Å². The van der Waals surface area contributed by atoms with Crippen LogP contribution in [0, 0.1) is 18.6 Å². The van der Waals surface area contributed by atoms with Crippen LogP contribution in [0.4, 0.5) is 22.0 Å². The highest BCUT2D eigenvalue weighted by Crippen LogP contribution is 2.33. The van der Waals surface area contributed by atoms with Gasteiger partial charge in [0, 0.05) is 38.6 Å². The van der Waals surface area contributed by atoms with E-state index in [0.29, 0.717) is 0 Å². The molecule has 1 aromatic heterocycles. The van der Waals surface area contributed by atoms with Crippen molar-refractivity contribution in [3.63, 3.8) is 0 Å². The van der Waals surface area contributed by atoms with Crippen LogP contribution in [0.2, 0.25) is 0 Å². The number of hydrogen-bond donors (Lipinski definition) is 2. The fourth-order valence-corrected chi connectivity index (χ4v) is 4.48. The number of aromatic nitrogens is 2. The molecule has 0 spiro atoms. The Kier molecular flexibility index (Phi) is 7.22. The van der Waals surface area contributed by atoms with Crippen LogP contribution >= 0.6 is 0 Å². The Labute approximate surface area is 208 Å². The summed E-state index contributed by atoms with van der Waals surface area (Å²) in [6.07, 6.45) is -5.24. The summed E-state index contributed by atoms with van der Waals surface area (Å²) in [5, 5.41) is 2.53. The molecule has 1 saturated heterocycles. The van der Waals surface area contributed by atoms with E-state index in [-0.39, 0.29) is 68.9 Å². The summed E-state index contributed by atoms with van der Waals surface area (Å²) in [4.78, 5) is 43.5. The number of piperazine rings is 1. The van der Waals surface area contributed by atoms with Gasteiger partial charge in [0.15, 0.2) is 5.69 Å². The largest absolute Gasteiger partial charge is 0.449 e. The molecule has 2 aromatic rings. The van der Waals surface area contributed by atoms with E-state index in [9.17, 15) is 36.3 Å². The lowest BCUT2D eigenvalue weighted by atomic mass is 10.0. The first kappa shape index (κ1) is 26.5. The van der Waals surface area contributed by atoms with Crippen molar-refractivity contribution in [1.29, 1.82) is 0 Å². The van der Waals surface area contributed by atoms with E-state index in [4.69, 9.17) is 5.73 Å². The quantitative estimate of drug-likeness (QED) is 0.570. The maximum atomic E-state index is 14.2. The number of nitrogens with zero attached hydrogens (tertiary/aromatic N) is 4. The minimum absolute atomic E-state index is 0.00777. The Bertz CT molecular complexity index is 1240. The fraction of sp³-hybridized carbons (Fsp3) is 0.478. The first-order valence-corrected chi connectivity index (χ1v) is 11.6. The predicted molar refractivity (Wildman–Crippen MR) is 119 cm³/mol. The summed E-state index contributed by atoms with van der Waals surface area (Å²) in [5.74, 6) is -4.32. The maximum absolute atomic E-state index is 14.2. The number of nitrogens with one attached hydrogen (secondary N) is 1. The lowest BCUT2D eigenvalue weighted by Gasteiger charge is -2.31. The molecule has 0 unspecified atom stereocenters. The molecule has 0 saturated carbocycles. The zero-order valence-electron chi connectivity index (χ0n) is 19.9.